The van der Waals surface area contributed by atoms with Crippen LogP contribution in [0.2, 0.25) is 0 Å². The molecule has 0 radical (unpaired) electrons. The molecule has 0 aromatic heterocycles. The Morgan fingerprint density at radius 3 is 1.97 bits per heavy atom. The molecule has 3 rings (SSSR count). The van der Waals surface area contributed by atoms with Gasteiger partial charge in [0, 0.05) is 26.1 Å². The predicted octanol–water partition coefficient (Wildman–Crippen LogP) is 3.69. The molecule has 0 saturated heterocycles. The van der Waals surface area contributed by atoms with Gasteiger partial charge in [0.25, 0.3) is 0 Å². The van der Waals surface area contributed by atoms with Gasteiger partial charge in [0.1, 0.15) is 6.04 Å². The van der Waals surface area contributed by atoms with E-state index in [4.69, 9.17) is 0 Å². The smallest absolute Gasteiger partial charge is 0.242 e. The molecule has 0 bridgehead atoms. The Labute approximate surface area is 220 Å². The fraction of sp³-hybridized carbons (Fsp3) is 0.310. The van der Waals surface area contributed by atoms with Gasteiger partial charge in [-0.05, 0) is 48.6 Å². The highest BCUT2D eigenvalue weighted by Gasteiger charge is 2.25. The number of nitrogens with one attached hydrogen (secondary N) is 2. The molecule has 0 unspecified atom stereocenters. The number of carbonyl (C=O) groups excluding carboxylic acids is 2. The van der Waals surface area contributed by atoms with Gasteiger partial charge in [-0.25, -0.2) is 13.1 Å². The van der Waals surface area contributed by atoms with E-state index in [-0.39, 0.29) is 23.1 Å². The Balaban J connectivity index is 1.64. The van der Waals surface area contributed by atoms with E-state index in [1.807, 2.05) is 60.7 Å². The van der Waals surface area contributed by atoms with Gasteiger partial charge < -0.3 is 10.2 Å². The van der Waals surface area contributed by atoms with Crippen LogP contribution in [0.3, 0.4) is 0 Å². The third kappa shape index (κ3) is 8.55. The van der Waals surface area contributed by atoms with Crippen molar-refractivity contribution in [2.24, 2.45) is 0 Å². The van der Waals surface area contributed by atoms with Crippen molar-refractivity contribution >= 4 is 21.8 Å². The number of amides is 2. The molecular weight excluding hydrogens is 486 g/mol. The second kappa shape index (κ2) is 13.7. The first-order valence-electron chi connectivity index (χ1n) is 12.5. The van der Waals surface area contributed by atoms with Crippen molar-refractivity contribution < 1.29 is 18.0 Å². The predicted molar refractivity (Wildman–Crippen MR) is 145 cm³/mol. The average molecular weight is 522 g/mol. The maximum atomic E-state index is 13.3. The molecular formula is C29H35N3O4S. The lowest BCUT2D eigenvalue weighted by Gasteiger charge is -2.29. The van der Waals surface area contributed by atoms with E-state index in [0.29, 0.717) is 32.5 Å². The minimum atomic E-state index is -3.52. The van der Waals surface area contributed by atoms with Gasteiger partial charge in [-0.3, -0.25) is 9.59 Å². The SMILES string of the molecule is CCNS(=O)(=O)c1ccc(CCC(=O)N(Cc2ccccc2)[C@@H](C)C(=O)NCCc2ccccc2)cc1. The summed E-state index contributed by atoms with van der Waals surface area (Å²) in [6.45, 7) is 4.60. The molecule has 0 fully saturated rings. The summed E-state index contributed by atoms with van der Waals surface area (Å²) in [6, 6.07) is 25.4. The molecule has 7 nitrogen and oxygen atoms in total. The quantitative estimate of drug-likeness (QED) is 0.359. The Morgan fingerprint density at radius 2 is 1.38 bits per heavy atom. The van der Waals surface area contributed by atoms with Crippen molar-refractivity contribution in [2.75, 3.05) is 13.1 Å². The monoisotopic (exact) mass is 521 g/mol. The highest BCUT2D eigenvalue weighted by molar-refractivity contribution is 7.89. The van der Waals surface area contributed by atoms with Gasteiger partial charge >= 0.3 is 0 Å². The van der Waals surface area contributed by atoms with Crippen LogP contribution in [0.15, 0.2) is 89.8 Å². The first kappa shape index (κ1) is 28.1. The van der Waals surface area contributed by atoms with Crippen molar-refractivity contribution in [1.82, 2.24) is 14.9 Å². The summed E-state index contributed by atoms with van der Waals surface area (Å²) in [4.78, 5) is 28.1. The fourth-order valence-corrected chi connectivity index (χ4v) is 5.03. The van der Waals surface area contributed by atoms with Crippen molar-refractivity contribution in [3.63, 3.8) is 0 Å². The molecule has 0 spiro atoms. The minimum Gasteiger partial charge on any atom is -0.354 e. The fourth-order valence-electron chi connectivity index (χ4n) is 3.99. The molecule has 1 atom stereocenters. The van der Waals surface area contributed by atoms with E-state index in [9.17, 15) is 18.0 Å². The standard InChI is InChI=1S/C29H35N3O4S/c1-3-31-37(35,36)27-17-14-25(15-18-27)16-19-28(33)32(22-26-12-8-5-9-13-26)23(2)29(34)30-21-20-24-10-6-4-7-11-24/h4-15,17-18,23,31H,3,16,19-22H2,1-2H3,(H,30,34)/t23-/m0/s1. The van der Waals surface area contributed by atoms with Crippen LogP contribution in [-0.2, 0) is 39.0 Å². The Bertz CT molecular complexity index is 1250. The highest BCUT2D eigenvalue weighted by atomic mass is 32.2. The maximum absolute atomic E-state index is 13.3. The third-order valence-corrected chi connectivity index (χ3v) is 7.68. The lowest BCUT2D eigenvalue weighted by Crippen LogP contribution is -2.48. The Morgan fingerprint density at radius 1 is 0.811 bits per heavy atom. The largest absolute Gasteiger partial charge is 0.354 e. The topological polar surface area (TPSA) is 95.6 Å². The van der Waals surface area contributed by atoms with Crippen molar-refractivity contribution in [1.29, 1.82) is 0 Å². The molecule has 2 N–H and O–H groups in total. The van der Waals surface area contributed by atoms with E-state index in [1.165, 1.54) is 0 Å². The van der Waals surface area contributed by atoms with E-state index < -0.39 is 16.1 Å². The summed E-state index contributed by atoms with van der Waals surface area (Å²) in [5.74, 6) is -0.336. The molecule has 3 aromatic carbocycles. The van der Waals surface area contributed by atoms with Crippen LogP contribution in [0.4, 0.5) is 0 Å². The zero-order chi connectivity index (χ0) is 26.7. The molecule has 37 heavy (non-hydrogen) atoms. The molecule has 0 aliphatic rings. The summed E-state index contributed by atoms with van der Waals surface area (Å²) in [5.41, 5.74) is 2.93. The van der Waals surface area contributed by atoms with Crippen LogP contribution < -0.4 is 10.0 Å². The molecule has 8 heteroatoms. The number of rotatable bonds is 13. The lowest BCUT2D eigenvalue weighted by molar-refractivity contribution is -0.140. The number of sulfonamides is 1. The van der Waals surface area contributed by atoms with Gasteiger partial charge in [0.2, 0.25) is 21.8 Å². The Hall–Kier alpha value is -3.49. The van der Waals surface area contributed by atoms with Crippen LogP contribution in [0.1, 0.15) is 37.0 Å². The average Bonchev–Trinajstić information content (AvgIpc) is 2.91. The van der Waals surface area contributed by atoms with Gasteiger partial charge in [-0.2, -0.15) is 0 Å². The number of carbonyl (C=O) groups is 2. The molecule has 196 valence electrons. The normalized spacial score (nSPS) is 12.1. The van der Waals surface area contributed by atoms with Gasteiger partial charge in [-0.15, -0.1) is 0 Å². The number of hydrogen-bond donors (Lipinski definition) is 2. The molecule has 0 aliphatic heterocycles. The summed E-state index contributed by atoms with van der Waals surface area (Å²) in [7, 11) is -3.52. The van der Waals surface area contributed by atoms with Crippen LogP contribution in [-0.4, -0.2) is 44.3 Å². The lowest BCUT2D eigenvalue weighted by atomic mass is 10.1. The first-order valence-corrected chi connectivity index (χ1v) is 14.0. The minimum absolute atomic E-state index is 0.140. The van der Waals surface area contributed by atoms with Crippen LogP contribution in [0.5, 0.6) is 0 Å². The van der Waals surface area contributed by atoms with Gasteiger partial charge in [0.05, 0.1) is 4.90 Å². The van der Waals surface area contributed by atoms with Crippen molar-refractivity contribution in [3.05, 3.63) is 102 Å². The zero-order valence-corrected chi connectivity index (χ0v) is 22.2. The van der Waals surface area contributed by atoms with E-state index in [1.54, 1.807) is 43.0 Å². The van der Waals surface area contributed by atoms with E-state index in [2.05, 4.69) is 10.0 Å². The summed E-state index contributed by atoms with van der Waals surface area (Å²) >= 11 is 0. The van der Waals surface area contributed by atoms with Crippen molar-refractivity contribution in [3.8, 4) is 0 Å². The Kier molecular flexibility index (Phi) is 10.4. The van der Waals surface area contributed by atoms with Crippen LogP contribution in [0.25, 0.3) is 0 Å². The summed E-state index contributed by atoms with van der Waals surface area (Å²) in [5, 5.41) is 2.96. The first-order chi connectivity index (χ1) is 17.8. The van der Waals surface area contributed by atoms with Crippen LogP contribution >= 0.6 is 0 Å². The van der Waals surface area contributed by atoms with Crippen LogP contribution in [0, 0.1) is 0 Å². The number of aryl methyl sites for hydroxylation is 1. The third-order valence-electron chi connectivity index (χ3n) is 6.11. The maximum Gasteiger partial charge on any atom is 0.242 e. The number of hydrogen-bond acceptors (Lipinski definition) is 4. The summed E-state index contributed by atoms with van der Waals surface area (Å²) < 4.78 is 26.8. The van der Waals surface area contributed by atoms with E-state index >= 15 is 0 Å². The number of nitrogens with zero attached hydrogens (tertiary/aromatic N) is 1. The molecule has 3 aromatic rings. The van der Waals surface area contributed by atoms with Gasteiger partial charge in [0.15, 0.2) is 0 Å². The molecule has 2 amide bonds. The highest BCUT2D eigenvalue weighted by Crippen LogP contribution is 2.15. The van der Waals surface area contributed by atoms with E-state index in [0.717, 1.165) is 16.7 Å². The second-order valence-electron chi connectivity index (χ2n) is 8.86. The molecule has 0 heterocycles. The van der Waals surface area contributed by atoms with Crippen molar-refractivity contribution in [2.45, 2.75) is 50.6 Å². The molecule has 0 aliphatic carbocycles. The second-order valence-corrected chi connectivity index (χ2v) is 10.6. The summed E-state index contributed by atoms with van der Waals surface area (Å²) in [6.07, 6.45) is 1.35. The van der Waals surface area contributed by atoms with Gasteiger partial charge in [-0.1, -0.05) is 79.7 Å². The molecule has 0 saturated carbocycles. The number of benzene rings is 3. The zero-order valence-electron chi connectivity index (χ0n) is 21.4.